The fourth-order valence-electron chi connectivity index (χ4n) is 4.04. The molecule has 4 rings (SSSR count). The lowest BCUT2D eigenvalue weighted by Crippen LogP contribution is -2.46. The molecule has 2 atom stereocenters. The maximum Gasteiger partial charge on any atom is 0.315 e. The second-order valence-electron chi connectivity index (χ2n) is 7.63. The molecule has 1 aromatic carbocycles. The Morgan fingerprint density at radius 3 is 2.90 bits per heavy atom. The molecular weight excluding hydrogens is 398 g/mol. The number of hydrogen-bond acceptors (Lipinski definition) is 7. The number of primary amides is 1. The van der Waals surface area contributed by atoms with E-state index < -0.39 is 6.03 Å². The van der Waals surface area contributed by atoms with E-state index in [0.717, 1.165) is 36.7 Å². The third kappa shape index (κ3) is 4.99. The summed E-state index contributed by atoms with van der Waals surface area (Å²) in [7, 11) is 0. The summed E-state index contributed by atoms with van der Waals surface area (Å²) >= 11 is 0. The Morgan fingerprint density at radius 1 is 1.26 bits per heavy atom. The topological polar surface area (TPSA) is 103 Å². The average molecular weight is 428 g/mol. The van der Waals surface area contributed by atoms with Gasteiger partial charge < -0.3 is 29.7 Å². The van der Waals surface area contributed by atoms with Crippen molar-refractivity contribution in [3.63, 3.8) is 0 Å². The van der Waals surface area contributed by atoms with Gasteiger partial charge in [0.25, 0.3) is 0 Å². The highest BCUT2D eigenvalue weighted by Gasteiger charge is 2.30. The highest BCUT2D eigenvalue weighted by Crippen LogP contribution is 2.30. The molecule has 9 nitrogen and oxygen atoms in total. The summed E-state index contributed by atoms with van der Waals surface area (Å²) in [6, 6.07) is 6.95. The minimum absolute atomic E-state index is 0.0148. The van der Waals surface area contributed by atoms with Crippen molar-refractivity contribution in [1.82, 2.24) is 14.9 Å². The molecule has 0 saturated carbocycles. The van der Waals surface area contributed by atoms with E-state index in [1.165, 1.54) is 0 Å². The molecule has 3 heterocycles. The molecule has 2 N–H and O–H groups in total. The van der Waals surface area contributed by atoms with Gasteiger partial charge in [0.15, 0.2) is 11.5 Å². The van der Waals surface area contributed by atoms with Crippen LogP contribution in [0.1, 0.15) is 31.5 Å². The molecule has 2 saturated heterocycles. The van der Waals surface area contributed by atoms with E-state index in [0.29, 0.717) is 38.6 Å². The first-order valence-corrected chi connectivity index (χ1v) is 10.7. The second-order valence-corrected chi connectivity index (χ2v) is 7.63. The van der Waals surface area contributed by atoms with Gasteiger partial charge in [0.2, 0.25) is 0 Å². The third-order valence-electron chi connectivity index (χ3n) is 5.54. The molecular formula is C22H29N5O4. The van der Waals surface area contributed by atoms with Gasteiger partial charge in [-0.15, -0.1) is 0 Å². The number of carbonyl (C=O) groups excluding carboxylic acids is 1. The molecule has 0 radical (unpaired) electrons. The Kier molecular flexibility index (Phi) is 6.71. The fraction of sp³-hybridized carbons (Fsp3) is 0.500. The molecule has 0 bridgehead atoms. The number of morpholine rings is 1. The van der Waals surface area contributed by atoms with Crippen molar-refractivity contribution in [2.45, 2.75) is 31.9 Å². The van der Waals surface area contributed by atoms with Gasteiger partial charge in [0.1, 0.15) is 18.0 Å². The Bertz CT molecular complexity index is 896. The predicted molar refractivity (Wildman–Crippen MR) is 115 cm³/mol. The number of ether oxygens (including phenoxy) is 3. The number of urea groups is 1. The van der Waals surface area contributed by atoms with Crippen LogP contribution in [0.4, 0.5) is 10.6 Å². The van der Waals surface area contributed by atoms with Crippen molar-refractivity contribution >= 4 is 11.8 Å². The molecule has 166 valence electrons. The molecule has 2 aromatic rings. The van der Waals surface area contributed by atoms with Crippen molar-refractivity contribution < 1.29 is 19.0 Å². The van der Waals surface area contributed by atoms with Crippen molar-refractivity contribution in [3.05, 3.63) is 42.4 Å². The molecule has 2 fully saturated rings. The van der Waals surface area contributed by atoms with Crippen LogP contribution in [0.25, 0.3) is 0 Å². The largest absolute Gasteiger partial charge is 0.490 e. The summed E-state index contributed by atoms with van der Waals surface area (Å²) < 4.78 is 17.5. The van der Waals surface area contributed by atoms with Crippen LogP contribution in [0.2, 0.25) is 0 Å². The number of rotatable bonds is 6. The van der Waals surface area contributed by atoms with Gasteiger partial charge in [-0.2, -0.15) is 0 Å². The van der Waals surface area contributed by atoms with E-state index >= 15 is 0 Å². The molecule has 2 aliphatic rings. The van der Waals surface area contributed by atoms with Gasteiger partial charge in [0, 0.05) is 13.1 Å². The first kappa shape index (κ1) is 21.2. The van der Waals surface area contributed by atoms with Gasteiger partial charge in [-0.3, -0.25) is 4.98 Å². The molecule has 2 aliphatic heterocycles. The highest BCUT2D eigenvalue weighted by molar-refractivity contribution is 5.72. The third-order valence-corrected chi connectivity index (χ3v) is 5.54. The number of carbonyl (C=O) groups is 1. The number of aromatic nitrogens is 2. The number of nitrogens with zero attached hydrogens (tertiary/aromatic N) is 4. The summed E-state index contributed by atoms with van der Waals surface area (Å²) in [4.78, 5) is 24.8. The van der Waals surface area contributed by atoms with Crippen LogP contribution in [0.3, 0.4) is 0 Å². The van der Waals surface area contributed by atoms with Crippen molar-refractivity contribution in [2.75, 3.05) is 44.4 Å². The standard InChI is InChI=1S/C22H29N5O4/c1-2-30-19-7-3-4-8-20(19)31-16-6-5-9-26(14-16)21-13-24-12-17(25-21)18-15-29-11-10-27(18)22(23)28/h3-4,7-8,12-13,16,18H,2,5-6,9-11,14-15H2,1H3,(H2,23,28). The number of para-hydroxylation sites is 2. The summed E-state index contributed by atoms with van der Waals surface area (Å²) in [5.41, 5.74) is 6.23. The van der Waals surface area contributed by atoms with E-state index in [1.54, 1.807) is 17.3 Å². The number of nitrogens with two attached hydrogens (primary N) is 1. The fourth-order valence-corrected chi connectivity index (χ4v) is 4.04. The van der Waals surface area contributed by atoms with Crippen LogP contribution < -0.4 is 20.1 Å². The van der Waals surface area contributed by atoms with Gasteiger partial charge in [-0.1, -0.05) is 12.1 Å². The minimum Gasteiger partial charge on any atom is -0.490 e. The molecule has 0 spiro atoms. The van der Waals surface area contributed by atoms with Crippen LogP contribution in [0, 0.1) is 0 Å². The van der Waals surface area contributed by atoms with Crippen LogP contribution in [0.15, 0.2) is 36.7 Å². The highest BCUT2D eigenvalue weighted by atomic mass is 16.5. The average Bonchev–Trinajstić information content (AvgIpc) is 2.81. The number of amides is 2. The Labute approximate surface area is 182 Å². The number of benzene rings is 1. The zero-order valence-corrected chi connectivity index (χ0v) is 17.8. The Morgan fingerprint density at radius 2 is 2.10 bits per heavy atom. The van der Waals surface area contributed by atoms with Gasteiger partial charge >= 0.3 is 6.03 Å². The first-order valence-electron chi connectivity index (χ1n) is 10.7. The van der Waals surface area contributed by atoms with Crippen molar-refractivity contribution in [1.29, 1.82) is 0 Å². The van der Waals surface area contributed by atoms with E-state index in [4.69, 9.17) is 24.9 Å². The van der Waals surface area contributed by atoms with Crippen LogP contribution in [-0.2, 0) is 4.74 Å². The van der Waals surface area contributed by atoms with Crippen LogP contribution in [-0.4, -0.2) is 66.5 Å². The Hall–Kier alpha value is -3.07. The first-order chi connectivity index (χ1) is 15.2. The molecule has 2 amide bonds. The van der Waals surface area contributed by atoms with Gasteiger partial charge in [-0.25, -0.2) is 9.78 Å². The summed E-state index contributed by atoms with van der Waals surface area (Å²) in [5, 5.41) is 0. The number of anilines is 1. The van der Waals surface area contributed by atoms with Gasteiger partial charge in [-0.05, 0) is 31.9 Å². The normalized spacial score (nSPS) is 21.6. The van der Waals surface area contributed by atoms with E-state index in [2.05, 4.69) is 9.88 Å². The smallest absolute Gasteiger partial charge is 0.315 e. The van der Waals surface area contributed by atoms with E-state index in [9.17, 15) is 4.79 Å². The second kappa shape index (κ2) is 9.82. The lowest BCUT2D eigenvalue weighted by molar-refractivity contribution is 0.0121. The summed E-state index contributed by atoms with van der Waals surface area (Å²) in [6.45, 7) is 5.39. The SMILES string of the molecule is CCOc1ccccc1OC1CCCN(c2cncc(C3COCCN3C(N)=O)n2)C1. The molecule has 0 aliphatic carbocycles. The van der Waals surface area contributed by atoms with Crippen LogP contribution >= 0.6 is 0 Å². The van der Waals surface area contributed by atoms with Crippen molar-refractivity contribution in [3.8, 4) is 11.5 Å². The maximum absolute atomic E-state index is 11.8. The number of hydrogen-bond donors (Lipinski definition) is 1. The summed E-state index contributed by atoms with van der Waals surface area (Å²) in [6.07, 6.45) is 5.37. The van der Waals surface area contributed by atoms with Gasteiger partial charge in [0.05, 0.1) is 44.5 Å². The molecule has 9 heteroatoms. The lowest BCUT2D eigenvalue weighted by atomic mass is 10.1. The maximum atomic E-state index is 11.8. The van der Waals surface area contributed by atoms with E-state index in [-0.39, 0.29) is 12.1 Å². The Balaban J connectivity index is 1.48. The molecule has 2 unspecified atom stereocenters. The zero-order chi connectivity index (χ0) is 21.6. The zero-order valence-electron chi connectivity index (χ0n) is 17.8. The molecule has 31 heavy (non-hydrogen) atoms. The quantitative estimate of drug-likeness (QED) is 0.755. The minimum atomic E-state index is -0.472. The molecule has 1 aromatic heterocycles. The lowest BCUT2D eigenvalue weighted by Gasteiger charge is -2.36. The predicted octanol–water partition coefficient (Wildman–Crippen LogP) is 2.38. The number of piperidine rings is 1. The summed E-state index contributed by atoms with van der Waals surface area (Å²) in [5.74, 6) is 2.28. The monoisotopic (exact) mass is 427 g/mol. The van der Waals surface area contributed by atoms with Crippen molar-refractivity contribution in [2.24, 2.45) is 5.73 Å². The van der Waals surface area contributed by atoms with Crippen LogP contribution in [0.5, 0.6) is 11.5 Å². The van der Waals surface area contributed by atoms with E-state index in [1.807, 2.05) is 31.2 Å².